The fourth-order valence-corrected chi connectivity index (χ4v) is 1.70. The number of hydrogen-bond donors (Lipinski definition) is 2. The molecule has 2 rings (SSSR count). The van der Waals surface area contributed by atoms with E-state index in [4.69, 9.17) is 4.74 Å². The molecule has 1 amide bonds. The Labute approximate surface area is 124 Å². The summed E-state index contributed by atoms with van der Waals surface area (Å²) >= 11 is 0. The Kier molecular flexibility index (Phi) is 4.88. The van der Waals surface area contributed by atoms with Gasteiger partial charge in [-0.15, -0.1) is 0 Å². The normalized spacial score (nSPS) is 10.2. The van der Waals surface area contributed by atoms with Gasteiger partial charge in [0.15, 0.2) is 17.5 Å². The molecule has 7 heteroatoms. The number of rotatable bonds is 4. The smallest absolute Gasteiger partial charge is 0.411 e. The fourth-order valence-electron chi connectivity index (χ4n) is 1.70. The number of amides is 1. The van der Waals surface area contributed by atoms with Gasteiger partial charge in [-0.1, -0.05) is 0 Å². The third-order valence-electron chi connectivity index (χ3n) is 2.72. The molecule has 116 valence electrons. The van der Waals surface area contributed by atoms with E-state index in [1.807, 2.05) is 0 Å². The van der Waals surface area contributed by atoms with E-state index in [2.05, 4.69) is 10.6 Å². The molecular weight excluding hydrogens is 297 g/mol. The van der Waals surface area contributed by atoms with Crippen molar-refractivity contribution in [2.75, 3.05) is 17.2 Å². The molecule has 22 heavy (non-hydrogen) atoms. The summed E-state index contributed by atoms with van der Waals surface area (Å²) in [6.07, 6.45) is -0.588. The molecule has 4 nitrogen and oxygen atoms in total. The van der Waals surface area contributed by atoms with Crippen LogP contribution >= 0.6 is 0 Å². The number of ether oxygens (including phenoxy) is 1. The van der Waals surface area contributed by atoms with E-state index in [1.165, 1.54) is 0 Å². The highest BCUT2D eigenvalue weighted by molar-refractivity contribution is 5.84. The third kappa shape index (κ3) is 3.69. The largest absolute Gasteiger partial charge is 0.450 e. The lowest BCUT2D eigenvalue weighted by Gasteiger charge is -2.10. The van der Waals surface area contributed by atoms with Crippen LogP contribution in [0.5, 0.6) is 0 Å². The molecular formula is C15H13F3N2O2. The van der Waals surface area contributed by atoms with Crippen LogP contribution in [0, 0.1) is 17.5 Å². The van der Waals surface area contributed by atoms with Crippen LogP contribution in [0.25, 0.3) is 0 Å². The number of hydrogen-bond acceptors (Lipinski definition) is 3. The van der Waals surface area contributed by atoms with Crippen LogP contribution < -0.4 is 10.6 Å². The van der Waals surface area contributed by atoms with E-state index >= 15 is 0 Å². The van der Waals surface area contributed by atoms with Crippen molar-refractivity contribution in [3.63, 3.8) is 0 Å². The maximum atomic E-state index is 13.5. The van der Waals surface area contributed by atoms with E-state index in [9.17, 15) is 18.0 Å². The summed E-state index contributed by atoms with van der Waals surface area (Å²) in [5, 5.41) is 5.11. The molecule has 0 saturated carbocycles. The van der Waals surface area contributed by atoms with Gasteiger partial charge in [0.1, 0.15) is 0 Å². The molecule has 0 aliphatic heterocycles. The number of benzene rings is 2. The van der Waals surface area contributed by atoms with Crippen LogP contribution in [0.3, 0.4) is 0 Å². The van der Waals surface area contributed by atoms with Crippen LogP contribution in [0.2, 0.25) is 0 Å². The zero-order chi connectivity index (χ0) is 16.1. The van der Waals surface area contributed by atoms with Crippen molar-refractivity contribution in [3.05, 3.63) is 53.8 Å². The van der Waals surface area contributed by atoms with Crippen molar-refractivity contribution in [2.45, 2.75) is 6.92 Å². The minimum absolute atomic E-state index is 0.190. The lowest BCUT2D eigenvalue weighted by molar-refractivity contribution is 0.168. The van der Waals surface area contributed by atoms with Crippen molar-refractivity contribution < 1.29 is 22.7 Å². The van der Waals surface area contributed by atoms with E-state index in [-0.39, 0.29) is 12.3 Å². The molecule has 2 N–H and O–H groups in total. The topological polar surface area (TPSA) is 50.4 Å². The summed E-state index contributed by atoms with van der Waals surface area (Å²) in [7, 11) is 0. The Morgan fingerprint density at radius 1 is 1.00 bits per heavy atom. The van der Waals surface area contributed by atoms with Crippen LogP contribution in [0.4, 0.5) is 35.0 Å². The first kappa shape index (κ1) is 15.7. The average molecular weight is 310 g/mol. The summed E-state index contributed by atoms with van der Waals surface area (Å²) in [5.41, 5.74) is 0.735. The molecule has 0 unspecified atom stereocenters. The molecule has 0 bridgehead atoms. The van der Waals surface area contributed by atoms with Gasteiger partial charge in [-0.25, -0.2) is 18.0 Å². The maximum Gasteiger partial charge on any atom is 0.411 e. The quantitative estimate of drug-likeness (QED) is 0.822. The van der Waals surface area contributed by atoms with E-state index < -0.39 is 23.5 Å². The summed E-state index contributed by atoms with van der Waals surface area (Å²) < 4.78 is 44.2. The van der Waals surface area contributed by atoms with Crippen molar-refractivity contribution in [1.82, 2.24) is 0 Å². The molecule has 0 saturated heterocycles. The first-order valence-electron chi connectivity index (χ1n) is 6.45. The van der Waals surface area contributed by atoms with Crippen LogP contribution in [0.15, 0.2) is 36.4 Å². The lowest BCUT2D eigenvalue weighted by atomic mass is 10.2. The van der Waals surface area contributed by atoms with Crippen LogP contribution in [0.1, 0.15) is 6.92 Å². The molecule has 2 aromatic rings. The Balaban J connectivity index is 2.09. The molecule has 0 aromatic heterocycles. The van der Waals surface area contributed by atoms with Gasteiger partial charge < -0.3 is 10.1 Å². The number of halogens is 3. The molecule has 0 aliphatic carbocycles. The highest BCUT2D eigenvalue weighted by Crippen LogP contribution is 2.24. The van der Waals surface area contributed by atoms with Gasteiger partial charge in [0.2, 0.25) is 0 Å². The minimum Gasteiger partial charge on any atom is -0.450 e. The number of carbonyl (C=O) groups is 1. The second kappa shape index (κ2) is 6.84. The first-order chi connectivity index (χ1) is 10.5. The molecule has 0 fully saturated rings. The van der Waals surface area contributed by atoms with Gasteiger partial charge >= 0.3 is 6.09 Å². The summed E-state index contributed by atoms with van der Waals surface area (Å²) in [6.45, 7) is 1.93. The highest BCUT2D eigenvalue weighted by Gasteiger charge is 2.13. The standard InChI is InChI=1S/C15H13F3N2O2/c1-2-22-15(21)20-10-5-3-9(4-6-10)19-12-8-7-11(16)13(17)14(12)18/h3-8,19H,2H2,1H3,(H,20,21). The lowest BCUT2D eigenvalue weighted by Crippen LogP contribution is -2.13. The number of carbonyl (C=O) groups excluding carboxylic acids is 1. The Morgan fingerprint density at radius 3 is 2.27 bits per heavy atom. The Bertz CT molecular complexity index is 675. The zero-order valence-corrected chi connectivity index (χ0v) is 11.6. The molecule has 0 radical (unpaired) electrons. The fraction of sp³-hybridized carbons (Fsp3) is 0.133. The van der Waals surface area contributed by atoms with Gasteiger partial charge in [-0.2, -0.15) is 0 Å². The first-order valence-corrected chi connectivity index (χ1v) is 6.45. The highest BCUT2D eigenvalue weighted by atomic mass is 19.2. The number of anilines is 3. The van der Waals surface area contributed by atoms with Crippen molar-refractivity contribution in [2.24, 2.45) is 0 Å². The third-order valence-corrected chi connectivity index (χ3v) is 2.72. The van der Waals surface area contributed by atoms with E-state index in [1.54, 1.807) is 31.2 Å². The summed E-state index contributed by atoms with van der Waals surface area (Å²) in [4.78, 5) is 11.2. The predicted molar refractivity (Wildman–Crippen MR) is 76.7 cm³/mol. The summed E-state index contributed by atoms with van der Waals surface area (Å²) in [6, 6.07) is 8.12. The molecule has 0 atom stereocenters. The van der Waals surface area contributed by atoms with Gasteiger partial charge in [-0.05, 0) is 43.3 Å². The number of nitrogens with one attached hydrogen (secondary N) is 2. The van der Waals surface area contributed by atoms with Crippen LogP contribution in [-0.2, 0) is 4.74 Å². The SMILES string of the molecule is CCOC(=O)Nc1ccc(Nc2ccc(F)c(F)c2F)cc1. The van der Waals surface area contributed by atoms with Crippen molar-refractivity contribution >= 4 is 23.2 Å². The zero-order valence-electron chi connectivity index (χ0n) is 11.6. The average Bonchev–Trinajstić information content (AvgIpc) is 2.50. The van der Waals surface area contributed by atoms with Crippen molar-refractivity contribution in [3.8, 4) is 0 Å². The molecule has 0 aliphatic rings. The second-order valence-electron chi connectivity index (χ2n) is 4.27. The maximum absolute atomic E-state index is 13.5. The van der Waals surface area contributed by atoms with Crippen molar-refractivity contribution in [1.29, 1.82) is 0 Å². The van der Waals surface area contributed by atoms with E-state index in [0.29, 0.717) is 11.4 Å². The van der Waals surface area contributed by atoms with Crippen LogP contribution in [-0.4, -0.2) is 12.7 Å². The Morgan fingerprint density at radius 2 is 1.64 bits per heavy atom. The molecule has 0 spiro atoms. The molecule has 0 heterocycles. The van der Waals surface area contributed by atoms with E-state index in [0.717, 1.165) is 12.1 Å². The van der Waals surface area contributed by atoms with Gasteiger partial charge in [-0.3, -0.25) is 5.32 Å². The van der Waals surface area contributed by atoms with Gasteiger partial charge in [0.25, 0.3) is 0 Å². The minimum atomic E-state index is -1.54. The summed E-state index contributed by atoms with van der Waals surface area (Å²) in [5.74, 6) is -4.09. The van der Waals surface area contributed by atoms with Gasteiger partial charge in [0.05, 0.1) is 12.3 Å². The van der Waals surface area contributed by atoms with Gasteiger partial charge in [0, 0.05) is 11.4 Å². The monoisotopic (exact) mass is 310 g/mol. The Hall–Kier alpha value is -2.70. The predicted octanol–water partition coefficient (Wildman–Crippen LogP) is 4.42. The molecule has 2 aromatic carbocycles. The second-order valence-corrected chi connectivity index (χ2v) is 4.27.